The molecule has 0 aromatic carbocycles. The zero-order valence-electron chi connectivity index (χ0n) is 5.54. The highest BCUT2D eigenvalue weighted by atomic mass is 16.5. The van der Waals surface area contributed by atoms with Gasteiger partial charge in [-0.05, 0) is 12.5 Å². The Morgan fingerprint density at radius 3 is 3.40 bits per heavy atom. The maximum atomic E-state index is 10.8. The van der Waals surface area contributed by atoms with Gasteiger partial charge in [0.25, 0.3) is 0 Å². The SMILES string of the molecule is O=C1CC2OC=CCC2N1. The molecule has 1 saturated heterocycles. The molecule has 0 spiro atoms. The van der Waals surface area contributed by atoms with Gasteiger partial charge < -0.3 is 10.1 Å². The maximum Gasteiger partial charge on any atom is 0.224 e. The number of hydrogen-bond acceptors (Lipinski definition) is 2. The van der Waals surface area contributed by atoms with Gasteiger partial charge in [-0.1, -0.05) is 0 Å². The topological polar surface area (TPSA) is 38.3 Å². The van der Waals surface area contributed by atoms with Crippen LogP contribution in [0.4, 0.5) is 0 Å². The highest BCUT2D eigenvalue weighted by molar-refractivity contribution is 5.79. The summed E-state index contributed by atoms with van der Waals surface area (Å²) in [5.41, 5.74) is 0. The Bertz CT molecular complexity index is 170. The van der Waals surface area contributed by atoms with Crippen molar-refractivity contribution in [1.29, 1.82) is 0 Å². The number of hydrogen-bond donors (Lipinski definition) is 1. The molecule has 2 aliphatic rings. The summed E-state index contributed by atoms with van der Waals surface area (Å²) in [5.74, 6) is 0.110. The summed E-state index contributed by atoms with van der Waals surface area (Å²) in [4.78, 5) is 10.8. The van der Waals surface area contributed by atoms with Crippen LogP contribution in [0.2, 0.25) is 0 Å². The van der Waals surface area contributed by atoms with Crippen molar-refractivity contribution < 1.29 is 9.53 Å². The van der Waals surface area contributed by atoms with Gasteiger partial charge in [0.1, 0.15) is 6.10 Å². The molecular weight excluding hydrogens is 130 g/mol. The highest BCUT2D eigenvalue weighted by Crippen LogP contribution is 2.19. The summed E-state index contributed by atoms with van der Waals surface area (Å²) in [7, 11) is 0. The molecule has 0 aliphatic carbocycles. The third kappa shape index (κ3) is 0.781. The number of carbonyl (C=O) groups excluding carboxylic acids is 1. The maximum absolute atomic E-state index is 10.8. The van der Waals surface area contributed by atoms with Crippen LogP contribution in [0.5, 0.6) is 0 Å². The number of carbonyl (C=O) groups is 1. The van der Waals surface area contributed by atoms with Crippen LogP contribution in [0, 0.1) is 0 Å². The van der Waals surface area contributed by atoms with Crippen LogP contribution in [0.3, 0.4) is 0 Å². The fourth-order valence-corrected chi connectivity index (χ4v) is 1.40. The first-order chi connectivity index (χ1) is 4.86. The van der Waals surface area contributed by atoms with Crippen LogP contribution in [0.15, 0.2) is 12.3 Å². The van der Waals surface area contributed by atoms with Gasteiger partial charge in [-0.3, -0.25) is 4.79 Å². The molecule has 3 nitrogen and oxygen atoms in total. The van der Waals surface area contributed by atoms with E-state index in [-0.39, 0.29) is 18.1 Å². The summed E-state index contributed by atoms with van der Waals surface area (Å²) < 4.78 is 5.21. The molecule has 2 aliphatic heterocycles. The molecule has 1 amide bonds. The van der Waals surface area contributed by atoms with Crippen LogP contribution in [0.25, 0.3) is 0 Å². The molecule has 2 rings (SSSR count). The van der Waals surface area contributed by atoms with Gasteiger partial charge in [0.05, 0.1) is 18.7 Å². The third-order valence-electron chi connectivity index (χ3n) is 1.92. The van der Waals surface area contributed by atoms with Gasteiger partial charge in [-0.2, -0.15) is 0 Å². The van der Waals surface area contributed by atoms with Crippen LogP contribution < -0.4 is 5.32 Å². The van der Waals surface area contributed by atoms with Crippen molar-refractivity contribution in [2.45, 2.75) is 25.0 Å². The molecule has 3 heteroatoms. The third-order valence-corrected chi connectivity index (χ3v) is 1.92. The van der Waals surface area contributed by atoms with Gasteiger partial charge in [-0.15, -0.1) is 0 Å². The van der Waals surface area contributed by atoms with Gasteiger partial charge in [0.2, 0.25) is 5.91 Å². The van der Waals surface area contributed by atoms with E-state index in [1.165, 1.54) is 0 Å². The second-order valence-electron chi connectivity index (χ2n) is 2.66. The van der Waals surface area contributed by atoms with Crippen molar-refractivity contribution in [3.05, 3.63) is 12.3 Å². The van der Waals surface area contributed by atoms with Gasteiger partial charge in [0, 0.05) is 0 Å². The van der Waals surface area contributed by atoms with Gasteiger partial charge >= 0.3 is 0 Å². The molecule has 1 N–H and O–H groups in total. The molecule has 10 heavy (non-hydrogen) atoms. The minimum absolute atomic E-state index is 0.0949. The second-order valence-corrected chi connectivity index (χ2v) is 2.66. The fourth-order valence-electron chi connectivity index (χ4n) is 1.40. The molecule has 54 valence electrons. The van der Waals surface area contributed by atoms with E-state index in [2.05, 4.69) is 5.32 Å². The Kier molecular flexibility index (Phi) is 1.16. The Morgan fingerprint density at radius 1 is 1.70 bits per heavy atom. The fraction of sp³-hybridized carbons (Fsp3) is 0.571. The number of ether oxygens (including phenoxy) is 1. The van der Waals surface area contributed by atoms with Crippen molar-refractivity contribution >= 4 is 5.91 Å². The summed E-state index contributed by atoms with van der Waals surface area (Å²) in [5, 5.41) is 2.84. The highest BCUT2D eigenvalue weighted by Gasteiger charge is 2.33. The quantitative estimate of drug-likeness (QED) is 0.519. The number of nitrogens with one attached hydrogen (secondary N) is 1. The lowest BCUT2D eigenvalue weighted by molar-refractivity contribution is -0.119. The van der Waals surface area contributed by atoms with E-state index < -0.39 is 0 Å². The van der Waals surface area contributed by atoms with E-state index in [0.29, 0.717) is 6.42 Å². The molecule has 0 radical (unpaired) electrons. The van der Waals surface area contributed by atoms with Crippen molar-refractivity contribution in [2.24, 2.45) is 0 Å². The molecule has 2 heterocycles. The predicted molar refractivity (Wildman–Crippen MR) is 35.2 cm³/mol. The standard InChI is InChI=1S/C7H9NO2/c9-7-4-6-5(8-7)2-1-3-10-6/h1,3,5-6H,2,4H2,(H,8,9). The van der Waals surface area contributed by atoms with Crippen LogP contribution in [-0.4, -0.2) is 18.1 Å². The van der Waals surface area contributed by atoms with Crippen molar-refractivity contribution in [2.75, 3.05) is 0 Å². The molecule has 2 unspecified atom stereocenters. The van der Waals surface area contributed by atoms with E-state index in [9.17, 15) is 4.79 Å². The first-order valence-corrected chi connectivity index (χ1v) is 3.46. The molecule has 0 aromatic heterocycles. The molecule has 0 saturated carbocycles. The Balaban J connectivity index is 2.11. The van der Waals surface area contributed by atoms with E-state index in [1.54, 1.807) is 6.26 Å². The van der Waals surface area contributed by atoms with E-state index in [4.69, 9.17) is 4.74 Å². The molecular formula is C7H9NO2. The molecule has 1 fully saturated rings. The zero-order chi connectivity index (χ0) is 6.97. The smallest absolute Gasteiger partial charge is 0.224 e. The van der Waals surface area contributed by atoms with E-state index in [1.807, 2.05) is 6.08 Å². The average Bonchev–Trinajstić information content (AvgIpc) is 2.27. The van der Waals surface area contributed by atoms with E-state index >= 15 is 0 Å². The molecule has 0 bridgehead atoms. The first-order valence-electron chi connectivity index (χ1n) is 3.46. The van der Waals surface area contributed by atoms with Crippen LogP contribution in [-0.2, 0) is 9.53 Å². The predicted octanol–water partition coefficient (Wildman–Crippen LogP) is 0.178. The zero-order valence-corrected chi connectivity index (χ0v) is 5.54. The van der Waals surface area contributed by atoms with Crippen molar-refractivity contribution in [3.63, 3.8) is 0 Å². The lowest BCUT2D eigenvalue weighted by Gasteiger charge is -2.20. The van der Waals surface area contributed by atoms with Crippen LogP contribution in [0.1, 0.15) is 12.8 Å². The summed E-state index contributed by atoms with van der Waals surface area (Å²) in [6, 6.07) is 0.234. The number of amides is 1. The number of rotatable bonds is 0. The first kappa shape index (κ1) is 5.77. The van der Waals surface area contributed by atoms with Crippen LogP contribution >= 0.6 is 0 Å². The Hall–Kier alpha value is -0.990. The normalized spacial score (nSPS) is 36.6. The molecule has 2 atom stereocenters. The van der Waals surface area contributed by atoms with E-state index in [0.717, 1.165) is 6.42 Å². The minimum atomic E-state index is 0.0949. The average molecular weight is 139 g/mol. The summed E-state index contributed by atoms with van der Waals surface area (Å²) >= 11 is 0. The van der Waals surface area contributed by atoms with Gasteiger partial charge in [0.15, 0.2) is 0 Å². The Labute approximate surface area is 59.1 Å². The Morgan fingerprint density at radius 2 is 2.60 bits per heavy atom. The largest absolute Gasteiger partial charge is 0.496 e. The minimum Gasteiger partial charge on any atom is -0.496 e. The van der Waals surface area contributed by atoms with Gasteiger partial charge in [-0.25, -0.2) is 0 Å². The van der Waals surface area contributed by atoms with Crippen molar-refractivity contribution in [1.82, 2.24) is 5.32 Å². The number of fused-ring (bicyclic) bond motifs is 1. The summed E-state index contributed by atoms with van der Waals surface area (Å²) in [6.07, 6.45) is 5.15. The van der Waals surface area contributed by atoms with Crippen molar-refractivity contribution in [3.8, 4) is 0 Å². The lowest BCUT2D eigenvalue weighted by Crippen LogP contribution is -2.33. The lowest BCUT2D eigenvalue weighted by atomic mass is 10.1. The summed E-state index contributed by atoms with van der Waals surface area (Å²) in [6.45, 7) is 0. The monoisotopic (exact) mass is 139 g/mol. The molecule has 0 aromatic rings. The second kappa shape index (κ2) is 2.01.